The van der Waals surface area contributed by atoms with Crippen LogP contribution in [0.15, 0.2) is 18.2 Å². The number of halogens is 2. The van der Waals surface area contributed by atoms with E-state index in [2.05, 4.69) is 15.0 Å². The summed E-state index contributed by atoms with van der Waals surface area (Å²) in [5.74, 6) is -0.209. The van der Waals surface area contributed by atoms with E-state index in [1.807, 2.05) is 18.5 Å². The Morgan fingerprint density at radius 2 is 2.08 bits per heavy atom. The van der Waals surface area contributed by atoms with Gasteiger partial charge in [0.15, 0.2) is 11.6 Å². The van der Waals surface area contributed by atoms with Crippen LogP contribution in [0.4, 0.5) is 8.78 Å². The molecule has 2 atom stereocenters. The SMILES string of the molecule is Cc1nc(C)n(CC2CCCN2CC(O)c2ccc(F)c(F)c2)n1. The van der Waals surface area contributed by atoms with Gasteiger partial charge in [0.2, 0.25) is 0 Å². The molecule has 1 aromatic carbocycles. The van der Waals surface area contributed by atoms with E-state index in [9.17, 15) is 13.9 Å². The minimum absolute atomic E-state index is 0.254. The Hall–Kier alpha value is -1.86. The van der Waals surface area contributed by atoms with Crippen LogP contribution in [0.25, 0.3) is 0 Å². The maximum atomic E-state index is 13.3. The zero-order valence-corrected chi connectivity index (χ0v) is 13.9. The van der Waals surface area contributed by atoms with Crippen molar-refractivity contribution in [3.63, 3.8) is 0 Å². The van der Waals surface area contributed by atoms with Crippen LogP contribution in [0.1, 0.15) is 36.2 Å². The molecule has 24 heavy (non-hydrogen) atoms. The highest BCUT2D eigenvalue weighted by Gasteiger charge is 2.28. The minimum Gasteiger partial charge on any atom is -0.387 e. The standard InChI is InChI=1S/C17H22F2N4O/c1-11-20-12(2)23(21-11)9-14-4-3-7-22(14)10-17(24)13-5-6-15(18)16(19)8-13/h5-6,8,14,17,24H,3-4,7,9-10H2,1-2H3. The molecule has 0 spiro atoms. The molecule has 2 heterocycles. The predicted octanol–water partition coefficient (Wildman–Crippen LogP) is 2.37. The summed E-state index contributed by atoms with van der Waals surface area (Å²) in [5.41, 5.74) is 0.396. The number of β-amino-alcohol motifs (C(OH)–C–C–N with tert-alkyl or cyclic N) is 1. The molecule has 0 radical (unpaired) electrons. The van der Waals surface area contributed by atoms with E-state index in [1.165, 1.54) is 6.07 Å². The number of aliphatic hydroxyl groups excluding tert-OH is 1. The monoisotopic (exact) mass is 336 g/mol. The van der Waals surface area contributed by atoms with Gasteiger partial charge in [-0.15, -0.1) is 0 Å². The fourth-order valence-corrected chi connectivity index (χ4v) is 3.32. The van der Waals surface area contributed by atoms with Crippen LogP contribution >= 0.6 is 0 Å². The predicted molar refractivity (Wildman–Crippen MR) is 85.4 cm³/mol. The van der Waals surface area contributed by atoms with E-state index in [4.69, 9.17) is 0 Å². The van der Waals surface area contributed by atoms with E-state index in [1.54, 1.807) is 0 Å². The number of hydrogen-bond donors (Lipinski definition) is 1. The van der Waals surface area contributed by atoms with Crippen molar-refractivity contribution >= 4 is 0 Å². The average molecular weight is 336 g/mol. The zero-order valence-electron chi connectivity index (χ0n) is 13.9. The van der Waals surface area contributed by atoms with Gasteiger partial charge in [-0.1, -0.05) is 6.07 Å². The van der Waals surface area contributed by atoms with E-state index in [0.29, 0.717) is 12.1 Å². The summed E-state index contributed by atoms with van der Waals surface area (Å²) >= 11 is 0. The Labute approximate surface area is 139 Å². The van der Waals surface area contributed by atoms with Crippen molar-refractivity contribution in [1.82, 2.24) is 19.7 Å². The van der Waals surface area contributed by atoms with Gasteiger partial charge in [0.25, 0.3) is 0 Å². The zero-order chi connectivity index (χ0) is 17.3. The van der Waals surface area contributed by atoms with Crippen molar-refractivity contribution < 1.29 is 13.9 Å². The second kappa shape index (κ2) is 6.94. The number of aryl methyl sites for hydroxylation is 2. The van der Waals surface area contributed by atoms with Crippen LogP contribution in [-0.4, -0.2) is 43.9 Å². The Bertz CT molecular complexity index is 719. The van der Waals surface area contributed by atoms with Gasteiger partial charge in [-0.2, -0.15) is 5.10 Å². The molecule has 1 aromatic heterocycles. The number of rotatable bonds is 5. The Morgan fingerprint density at radius 3 is 2.75 bits per heavy atom. The highest BCUT2D eigenvalue weighted by Crippen LogP contribution is 2.24. The number of hydrogen-bond acceptors (Lipinski definition) is 4. The highest BCUT2D eigenvalue weighted by atomic mass is 19.2. The molecule has 2 aromatic rings. The molecule has 0 aliphatic carbocycles. The van der Waals surface area contributed by atoms with Crippen molar-refractivity contribution in [1.29, 1.82) is 0 Å². The van der Waals surface area contributed by atoms with E-state index in [0.717, 1.165) is 49.7 Å². The Morgan fingerprint density at radius 1 is 1.29 bits per heavy atom. The first-order valence-corrected chi connectivity index (χ1v) is 8.19. The number of benzene rings is 1. The third kappa shape index (κ3) is 3.62. The Kier molecular flexibility index (Phi) is 4.91. The third-order valence-corrected chi connectivity index (χ3v) is 4.58. The van der Waals surface area contributed by atoms with Crippen LogP contribution in [0.3, 0.4) is 0 Å². The topological polar surface area (TPSA) is 54.2 Å². The molecule has 7 heteroatoms. The van der Waals surface area contributed by atoms with Crippen molar-refractivity contribution in [2.75, 3.05) is 13.1 Å². The van der Waals surface area contributed by atoms with E-state index < -0.39 is 17.7 Å². The van der Waals surface area contributed by atoms with Crippen molar-refractivity contribution in [3.8, 4) is 0 Å². The van der Waals surface area contributed by atoms with Crippen molar-refractivity contribution in [3.05, 3.63) is 47.0 Å². The molecule has 0 saturated carbocycles. The lowest BCUT2D eigenvalue weighted by atomic mass is 10.1. The minimum atomic E-state index is -0.932. The number of nitrogens with zero attached hydrogens (tertiary/aromatic N) is 4. The fourth-order valence-electron chi connectivity index (χ4n) is 3.32. The summed E-state index contributed by atoms with van der Waals surface area (Å²) < 4.78 is 28.3. The lowest BCUT2D eigenvalue weighted by Gasteiger charge is -2.27. The molecule has 3 rings (SSSR count). The second-order valence-electron chi connectivity index (χ2n) is 6.37. The van der Waals surface area contributed by atoms with E-state index >= 15 is 0 Å². The summed E-state index contributed by atoms with van der Waals surface area (Å²) in [7, 11) is 0. The molecule has 1 aliphatic rings. The number of likely N-dealkylation sites (tertiary alicyclic amines) is 1. The smallest absolute Gasteiger partial charge is 0.159 e. The second-order valence-corrected chi connectivity index (χ2v) is 6.37. The molecule has 1 fully saturated rings. The molecule has 1 saturated heterocycles. The Balaban J connectivity index is 1.66. The third-order valence-electron chi connectivity index (χ3n) is 4.58. The molecule has 130 valence electrons. The van der Waals surface area contributed by atoms with Crippen LogP contribution in [-0.2, 0) is 6.54 Å². The fraction of sp³-hybridized carbons (Fsp3) is 0.529. The highest BCUT2D eigenvalue weighted by molar-refractivity contribution is 5.20. The first kappa shape index (κ1) is 17.0. The van der Waals surface area contributed by atoms with Crippen LogP contribution in [0.5, 0.6) is 0 Å². The normalized spacial score (nSPS) is 19.8. The van der Waals surface area contributed by atoms with Crippen molar-refractivity contribution in [2.45, 2.75) is 45.4 Å². The first-order chi connectivity index (χ1) is 11.4. The average Bonchev–Trinajstić information content (AvgIpc) is 3.09. The summed E-state index contributed by atoms with van der Waals surface area (Å²) in [6, 6.07) is 3.80. The summed E-state index contributed by atoms with van der Waals surface area (Å²) in [5, 5.41) is 14.8. The quantitative estimate of drug-likeness (QED) is 0.911. The lowest BCUT2D eigenvalue weighted by molar-refractivity contribution is 0.0998. The first-order valence-electron chi connectivity index (χ1n) is 8.19. The summed E-state index contributed by atoms with van der Waals surface area (Å²) in [6.45, 7) is 5.77. The van der Waals surface area contributed by atoms with Gasteiger partial charge in [0.1, 0.15) is 11.6 Å². The summed E-state index contributed by atoms with van der Waals surface area (Å²) in [4.78, 5) is 6.49. The van der Waals surface area contributed by atoms with E-state index in [-0.39, 0.29) is 6.04 Å². The molecule has 0 amide bonds. The van der Waals surface area contributed by atoms with Crippen LogP contribution in [0.2, 0.25) is 0 Å². The molecule has 5 nitrogen and oxygen atoms in total. The van der Waals surface area contributed by atoms with Gasteiger partial charge >= 0.3 is 0 Å². The molecule has 1 aliphatic heterocycles. The van der Waals surface area contributed by atoms with Gasteiger partial charge in [-0.05, 0) is 50.9 Å². The largest absolute Gasteiger partial charge is 0.387 e. The van der Waals surface area contributed by atoms with Gasteiger partial charge < -0.3 is 5.11 Å². The number of aliphatic hydroxyl groups is 1. The molecule has 2 unspecified atom stereocenters. The molecule has 0 bridgehead atoms. The summed E-state index contributed by atoms with van der Waals surface area (Å²) in [6.07, 6.45) is 1.21. The molecular weight excluding hydrogens is 314 g/mol. The molecule has 1 N–H and O–H groups in total. The maximum Gasteiger partial charge on any atom is 0.159 e. The lowest BCUT2D eigenvalue weighted by Crippen LogP contribution is -2.36. The number of aromatic nitrogens is 3. The van der Waals surface area contributed by atoms with Gasteiger partial charge in [-0.25, -0.2) is 18.4 Å². The van der Waals surface area contributed by atoms with Gasteiger partial charge in [0.05, 0.1) is 12.6 Å². The maximum absolute atomic E-state index is 13.3. The van der Waals surface area contributed by atoms with Crippen LogP contribution in [0, 0.1) is 25.5 Å². The van der Waals surface area contributed by atoms with Gasteiger partial charge in [-0.3, -0.25) is 4.90 Å². The van der Waals surface area contributed by atoms with Crippen molar-refractivity contribution in [2.24, 2.45) is 0 Å². The van der Waals surface area contributed by atoms with Crippen LogP contribution < -0.4 is 0 Å². The molecular formula is C17H22F2N4O. The van der Waals surface area contributed by atoms with Gasteiger partial charge in [0, 0.05) is 12.6 Å².